The van der Waals surface area contributed by atoms with Gasteiger partial charge in [-0.25, -0.2) is 8.78 Å². The van der Waals surface area contributed by atoms with Crippen LogP contribution in [0.2, 0.25) is 0 Å². The van der Waals surface area contributed by atoms with Crippen molar-refractivity contribution < 1.29 is 23.5 Å². The number of nitrogens with zero attached hydrogens (tertiary/aromatic N) is 2. The first kappa shape index (κ1) is 21.2. The van der Waals surface area contributed by atoms with Gasteiger partial charge in [0, 0.05) is 42.5 Å². The maximum atomic E-state index is 13.8. The van der Waals surface area contributed by atoms with Crippen LogP contribution in [0.4, 0.5) is 8.78 Å². The van der Waals surface area contributed by atoms with Crippen molar-refractivity contribution in [1.82, 2.24) is 14.8 Å². The van der Waals surface area contributed by atoms with E-state index < -0.39 is 28.7 Å². The lowest BCUT2D eigenvalue weighted by atomic mass is 9.87. The molecule has 0 spiro atoms. The maximum absolute atomic E-state index is 13.8. The molecule has 3 heterocycles. The Hall–Kier alpha value is -3.07. The fraction of sp³-hybridized carbons (Fsp3) is 0.409. The van der Waals surface area contributed by atoms with Crippen molar-refractivity contribution in [2.24, 2.45) is 0 Å². The van der Waals surface area contributed by atoms with Gasteiger partial charge in [0.2, 0.25) is 5.43 Å². The second-order valence-corrected chi connectivity index (χ2v) is 8.34. The number of likely N-dealkylation sites (N-methyl/N-ethyl adjacent to an activating group) is 1. The lowest BCUT2D eigenvalue weighted by molar-refractivity contribution is 0.0945. The molecule has 2 aromatic rings. The fourth-order valence-corrected chi connectivity index (χ4v) is 4.87. The predicted molar refractivity (Wildman–Crippen MR) is 108 cm³/mol. The zero-order valence-corrected chi connectivity index (χ0v) is 17.0. The second-order valence-electron chi connectivity index (χ2n) is 8.34. The van der Waals surface area contributed by atoms with Crippen LogP contribution in [0.15, 0.2) is 29.2 Å². The van der Waals surface area contributed by atoms with Gasteiger partial charge in [-0.1, -0.05) is 6.07 Å². The van der Waals surface area contributed by atoms with E-state index >= 15 is 0 Å². The monoisotopic (exact) mass is 431 g/mol. The molecule has 2 N–H and O–H groups in total. The van der Waals surface area contributed by atoms with E-state index in [0.29, 0.717) is 24.9 Å². The number of fused-ring (bicyclic) bond motifs is 2. The van der Waals surface area contributed by atoms with Crippen molar-refractivity contribution >= 4 is 12.2 Å². The van der Waals surface area contributed by atoms with Crippen LogP contribution in [0.3, 0.4) is 0 Å². The molecule has 1 aromatic carbocycles. The Kier molecular flexibility index (Phi) is 5.38. The van der Waals surface area contributed by atoms with Crippen molar-refractivity contribution in [3.8, 4) is 5.75 Å². The molecular formula is C22H23F2N3O4. The van der Waals surface area contributed by atoms with E-state index in [9.17, 15) is 28.3 Å². The minimum Gasteiger partial charge on any atom is -0.503 e. The van der Waals surface area contributed by atoms with Gasteiger partial charge in [-0.3, -0.25) is 19.3 Å². The van der Waals surface area contributed by atoms with Gasteiger partial charge in [-0.2, -0.15) is 0 Å². The number of hydrogen-bond donors (Lipinski definition) is 2. The molecule has 0 saturated carbocycles. The fourth-order valence-electron chi connectivity index (χ4n) is 4.87. The first-order chi connectivity index (χ1) is 14.8. The van der Waals surface area contributed by atoms with E-state index in [1.54, 1.807) is 0 Å². The SMILES string of the molecule is CN1C2CCC1(Cn1cc(C(=O)NCc3ccc(F)cc3F)c(=O)c(O)c1C=O)CC2. The van der Waals surface area contributed by atoms with Crippen LogP contribution >= 0.6 is 0 Å². The Bertz CT molecular complexity index is 1110. The highest BCUT2D eigenvalue weighted by Gasteiger charge is 2.49. The normalized spacial score (nSPS) is 22.6. The van der Waals surface area contributed by atoms with Crippen molar-refractivity contribution in [3.63, 3.8) is 0 Å². The summed E-state index contributed by atoms with van der Waals surface area (Å²) in [4.78, 5) is 39.0. The molecule has 4 rings (SSSR count). The molecule has 2 aliphatic rings. The summed E-state index contributed by atoms with van der Waals surface area (Å²) in [5.41, 5.74) is -1.65. The summed E-state index contributed by atoms with van der Waals surface area (Å²) in [6.45, 7) is 0.0870. The van der Waals surface area contributed by atoms with Gasteiger partial charge in [0.1, 0.15) is 22.9 Å². The lowest BCUT2D eigenvalue weighted by Crippen LogP contribution is -2.43. The van der Waals surface area contributed by atoms with Gasteiger partial charge in [0.25, 0.3) is 5.91 Å². The highest BCUT2D eigenvalue weighted by molar-refractivity contribution is 5.95. The number of pyridine rings is 1. The maximum Gasteiger partial charge on any atom is 0.257 e. The lowest BCUT2D eigenvalue weighted by Gasteiger charge is -2.33. The van der Waals surface area contributed by atoms with Crippen molar-refractivity contribution in [2.45, 2.75) is 50.4 Å². The third kappa shape index (κ3) is 3.63. The Morgan fingerprint density at radius 1 is 1.32 bits per heavy atom. The van der Waals surface area contributed by atoms with Crippen LogP contribution in [-0.4, -0.2) is 45.4 Å². The van der Waals surface area contributed by atoms with Crippen molar-refractivity contribution in [1.29, 1.82) is 0 Å². The minimum absolute atomic E-state index is 0.0484. The van der Waals surface area contributed by atoms with Gasteiger partial charge in [-0.15, -0.1) is 0 Å². The van der Waals surface area contributed by atoms with E-state index in [0.717, 1.165) is 31.7 Å². The number of aromatic nitrogens is 1. The summed E-state index contributed by atoms with van der Waals surface area (Å²) < 4.78 is 28.3. The van der Waals surface area contributed by atoms with E-state index in [1.807, 2.05) is 7.05 Å². The zero-order chi connectivity index (χ0) is 22.3. The summed E-state index contributed by atoms with van der Waals surface area (Å²) in [7, 11) is 2.03. The van der Waals surface area contributed by atoms with Gasteiger partial charge in [0.05, 0.1) is 0 Å². The molecule has 2 saturated heterocycles. The Labute approximate surface area is 177 Å². The second kappa shape index (κ2) is 7.88. The highest BCUT2D eigenvalue weighted by Crippen LogP contribution is 2.46. The average Bonchev–Trinajstić information content (AvgIpc) is 3.21. The smallest absolute Gasteiger partial charge is 0.257 e. The number of aldehydes is 1. The zero-order valence-electron chi connectivity index (χ0n) is 17.0. The summed E-state index contributed by atoms with van der Waals surface area (Å²) in [6.07, 6.45) is 5.60. The summed E-state index contributed by atoms with van der Waals surface area (Å²) in [6, 6.07) is 3.43. The molecule has 164 valence electrons. The van der Waals surface area contributed by atoms with Gasteiger partial charge >= 0.3 is 0 Å². The predicted octanol–water partition coefficient (Wildman–Crippen LogP) is 2.20. The van der Waals surface area contributed by atoms with Crippen LogP contribution in [0.5, 0.6) is 5.75 Å². The van der Waals surface area contributed by atoms with Crippen molar-refractivity contribution in [3.05, 3.63) is 63.1 Å². The van der Waals surface area contributed by atoms with Crippen LogP contribution < -0.4 is 10.7 Å². The standard InChI is InChI=1S/C22H23F2N3O4/c1-26-15-4-6-22(26,7-5-15)12-27-10-16(19(29)20(30)18(27)11-28)21(31)25-9-13-2-3-14(23)8-17(13)24/h2-3,8,10-11,15,30H,4-7,9,12H2,1H3,(H,25,31). The number of nitrogens with one attached hydrogen (secondary N) is 1. The van der Waals surface area contributed by atoms with E-state index in [2.05, 4.69) is 10.2 Å². The van der Waals surface area contributed by atoms with Crippen LogP contribution in [0, 0.1) is 11.6 Å². The first-order valence-electron chi connectivity index (χ1n) is 10.1. The molecule has 0 unspecified atom stereocenters. The first-order valence-corrected chi connectivity index (χ1v) is 10.1. The molecule has 2 bridgehead atoms. The van der Waals surface area contributed by atoms with E-state index in [-0.39, 0.29) is 28.9 Å². The molecular weight excluding hydrogens is 408 g/mol. The number of rotatable bonds is 6. The molecule has 2 aliphatic heterocycles. The van der Waals surface area contributed by atoms with Crippen LogP contribution in [0.25, 0.3) is 0 Å². The average molecular weight is 431 g/mol. The Balaban J connectivity index is 1.62. The van der Waals surface area contributed by atoms with Gasteiger partial charge in [0.15, 0.2) is 12.0 Å². The molecule has 0 radical (unpaired) electrons. The minimum atomic E-state index is -0.975. The molecule has 1 aromatic heterocycles. The number of hydrogen-bond acceptors (Lipinski definition) is 5. The quantitative estimate of drug-likeness (QED) is 0.685. The number of benzene rings is 1. The molecule has 7 nitrogen and oxygen atoms in total. The number of amides is 1. The molecule has 1 amide bonds. The summed E-state index contributed by atoms with van der Waals surface area (Å²) in [5, 5.41) is 12.7. The van der Waals surface area contributed by atoms with E-state index in [4.69, 9.17) is 0 Å². The number of halogens is 2. The highest BCUT2D eigenvalue weighted by atomic mass is 19.1. The molecule has 31 heavy (non-hydrogen) atoms. The molecule has 9 heteroatoms. The largest absolute Gasteiger partial charge is 0.503 e. The number of carbonyl (C=O) groups is 2. The Morgan fingerprint density at radius 3 is 2.61 bits per heavy atom. The topological polar surface area (TPSA) is 91.6 Å². The van der Waals surface area contributed by atoms with Crippen molar-refractivity contribution in [2.75, 3.05) is 7.05 Å². The number of carbonyl (C=O) groups excluding carboxylic acids is 2. The molecule has 2 fully saturated rings. The third-order valence-electron chi connectivity index (χ3n) is 6.75. The van der Waals surface area contributed by atoms with Gasteiger partial charge in [-0.05, 0) is 38.8 Å². The third-order valence-corrected chi connectivity index (χ3v) is 6.75. The summed E-state index contributed by atoms with van der Waals surface area (Å²) >= 11 is 0. The number of aromatic hydroxyl groups is 1. The Morgan fingerprint density at radius 2 is 2.03 bits per heavy atom. The van der Waals surface area contributed by atoms with Gasteiger partial charge < -0.3 is 15.0 Å². The van der Waals surface area contributed by atoms with Crippen LogP contribution in [-0.2, 0) is 13.1 Å². The van der Waals surface area contributed by atoms with Crippen LogP contribution in [0.1, 0.15) is 52.1 Å². The van der Waals surface area contributed by atoms with E-state index in [1.165, 1.54) is 16.8 Å². The molecule has 0 aliphatic carbocycles. The summed E-state index contributed by atoms with van der Waals surface area (Å²) in [5.74, 6) is -3.18. The molecule has 0 atom stereocenters.